The van der Waals surface area contributed by atoms with Crippen LogP contribution in [0.15, 0.2) is 18.3 Å². The van der Waals surface area contributed by atoms with E-state index in [4.69, 9.17) is 25.4 Å². The van der Waals surface area contributed by atoms with Crippen molar-refractivity contribution in [3.8, 4) is 0 Å². The fourth-order valence-electron chi connectivity index (χ4n) is 1.89. The predicted octanol–water partition coefficient (Wildman–Crippen LogP) is 3.48. The minimum Gasteiger partial charge on any atom is -0.465 e. The average molecular weight is 350 g/mol. The Labute approximate surface area is 135 Å². The number of ether oxygens (including phenoxy) is 1. The molecule has 0 aromatic carbocycles. The van der Waals surface area contributed by atoms with Crippen molar-refractivity contribution in [2.45, 2.75) is 32.9 Å². The smallest absolute Gasteiger partial charge is 0.345 e. The van der Waals surface area contributed by atoms with E-state index in [9.17, 15) is 9.36 Å². The van der Waals surface area contributed by atoms with Crippen molar-refractivity contribution >= 4 is 25.2 Å². The number of hydrogen-bond acceptors (Lipinski definition) is 6. The molecule has 0 spiro atoms. The zero-order valence-electron chi connectivity index (χ0n) is 13.0. The van der Waals surface area contributed by atoms with Gasteiger partial charge >= 0.3 is 13.6 Å². The average Bonchev–Trinajstić information content (AvgIpc) is 2.47. The Morgan fingerprint density at radius 3 is 2.32 bits per heavy atom. The molecule has 22 heavy (non-hydrogen) atoms. The molecule has 1 heterocycles. The molecule has 1 aromatic rings. The molecule has 0 fully saturated rings. The Morgan fingerprint density at radius 1 is 1.23 bits per heavy atom. The highest BCUT2D eigenvalue weighted by molar-refractivity contribution is 7.55. The van der Waals surface area contributed by atoms with Crippen LogP contribution in [0.2, 0.25) is 5.15 Å². The molecule has 8 heteroatoms. The minimum atomic E-state index is -3.63. The van der Waals surface area contributed by atoms with Crippen LogP contribution >= 0.6 is 19.2 Å². The van der Waals surface area contributed by atoms with Crippen LogP contribution in [0.4, 0.5) is 0 Å². The lowest BCUT2D eigenvalue weighted by atomic mass is 10.1. The van der Waals surface area contributed by atoms with E-state index in [1.807, 2.05) is 0 Å². The summed E-state index contributed by atoms with van der Waals surface area (Å²) in [7, 11) is -3.63. The van der Waals surface area contributed by atoms with E-state index in [2.05, 4.69) is 4.98 Å². The van der Waals surface area contributed by atoms with Crippen LogP contribution in [0.5, 0.6) is 0 Å². The normalized spacial score (nSPS) is 12.9. The third-order valence-electron chi connectivity index (χ3n) is 2.78. The van der Waals surface area contributed by atoms with E-state index in [-0.39, 0.29) is 26.2 Å². The second-order valence-corrected chi connectivity index (χ2v) is 6.94. The summed E-state index contributed by atoms with van der Waals surface area (Å²) < 4.78 is 28.5. The van der Waals surface area contributed by atoms with Crippen molar-refractivity contribution in [1.82, 2.24) is 4.98 Å². The number of nitrogens with zero attached hydrogens (tertiary/aromatic N) is 1. The molecule has 0 saturated carbocycles. The summed E-state index contributed by atoms with van der Waals surface area (Å²) in [5.74, 6) is -0.609. The Balaban J connectivity index is 3.07. The van der Waals surface area contributed by atoms with Crippen molar-refractivity contribution in [3.05, 3.63) is 29.0 Å². The molecule has 1 rings (SSSR count). The van der Waals surface area contributed by atoms with Crippen LogP contribution < -0.4 is 0 Å². The largest absolute Gasteiger partial charge is 0.465 e. The summed E-state index contributed by atoms with van der Waals surface area (Å²) in [6.45, 7) is 5.60. The molecule has 0 aliphatic heterocycles. The van der Waals surface area contributed by atoms with Gasteiger partial charge in [-0.25, -0.2) is 4.98 Å². The highest BCUT2D eigenvalue weighted by Gasteiger charge is 2.42. The highest BCUT2D eigenvalue weighted by atomic mass is 35.5. The molecular weight excluding hydrogens is 329 g/mol. The maximum absolute atomic E-state index is 12.9. The molecular formula is C14H21ClNO5P. The van der Waals surface area contributed by atoms with Crippen molar-refractivity contribution in [2.24, 2.45) is 0 Å². The standard InChI is InChI=1S/C14H21ClNO5P/c1-4-19-14(17)12(22(18,20-5-2)21-6-3)9-11-7-8-13(15)16-10-11/h7-8,10,12H,4-6,9H2,1-3H3. The molecule has 0 amide bonds. The van der Waals surface area contributed by atoms with E-state index in [1.165, 1.54) is 6.20 Å². The van der Waals surface area contributed by atoms with Gasteiger partial charge in [0.25, 0.3) is 0 Å². The molecule has 1 unspecified atom stereocenters. The monoisotopic (exact) mass is 349 g/mol. The highest BCUT2D eigenvalue weighted by Crippen LogP contribution is 2.54. The van der Waals surface area contributed by atoms with Gasteiger partial charge < -0.3 is 13.8 Å². The SMILES string of the molecule is CCOC(=O)C(Cc1ccc(Cl)nc1)P(=O)(OCC)OCC. The number of rotatable bonds is 9. The Kier molecular flexibility index (Phi) is 8.04. The van der Waals surface area contributed by atoms with E-state index in [0.29, 0.717) is 10.7 Å². The van der Waals surface area contributed by atoms with Crippen molar-refractivity contribution in [1.29, 1.82) is 0 Å². The molecule has 6 nitrogen and oxygen atoms in total. The number of halogens is 1. The van der Waals surface area contributed by atoms with Crippen molar-refractivity contribution in [3.63, 3.8) is 0 Å². The number of esters is 1. The second-order valence-electron chi connectivity index (χ2n) is 4.34. The lowest BCUT2D eigenvalue weighted by molar-refractivity contribution is -0.143. The zero-order chi connectivity index (χ0) is 16.6. The maximum Gasteiger partial charge on any atom is 0.345 e. The first-order chi connectivity index (χ1) is 10.5. The van der Waals surface area contributed by atoms with Gasteiger partial charge in [0.1, 0.15) is 5.15 Å². The fraction of sp³-hybridized carbons (Fsp3) is 0.571. The lowest BCUT2D eigenvalue weighted by Gasteiger charge is -2.24. The van der Waals surface area contributed by atoms with Gasteiger partial charge in [-0.3, -0.25) is 9.36 Å². The van der Waals surface area contributed by atoms with E-state index in [0.717, 1.165) is 0 Å². The summed E-state index contributed by atoms with van der Waals surface area (Å²) in [6.07, 6.45) is 1.66. The van der Waals surface area contributed by atoms with Crippen LogP contribution in [-0.4, -0.2) is 36.4 Å². The zero-order valence-corrected chi connectivity index (χ0v) is 14.6. The maximum atomic E-state index is 12.9. The first-order valence-electron chi connectivity index (χ1n) is 7.12. The number of hydrogen-bond donors (Lipinski definition) is 0. The number of carbonyl (C=O) groups is 1. The second kappa shape index (κ2) is 9.26. The lowest BCUT2D eigenvalue weighted by Crippen LogP contribution is -2.28. The molecule has 1 atom stereocenters. The Bertz CT molecular complexity index is 512. The van der Waals surface area contributed by atoms with E-state index in [1.54, 1.807) is 32.9 Å². The van der Waals surface area contributed by atoms with E-state index < -0.39 is 19.2 Å². The van der Waals surface area contributed by atoms with Gasteiger partial charge in [0.05, 0.1) is 19.8 Å². The number of aromatic nitrogens is 1. The molecule has 0 N–H and O–H groups in total. The van der Waals surface area contributed by atoms with Gasteiger partial charge in [-0.2, -0.15) is 0 Å². The predicted molar refractivity (Wildman–Crippen MR) is 84.2 cm³/mol. The van der Waals surface area contributed by atoms with Crippen molar-refractivity contribution < 1.29 is 23.1 Å². The summed E-state index contributed by atoms with van der Waals surface area (Å²) in [4.78, 5) is 16.2. The molecule has 124 valence electrons. The van der Waals surface area contributed by atoms with E-state index >= 15 is 0 Å². The van der Waals surface area contributed by atoms with Gasteiger partial charge in [-0.15, -0.1) is 0 Å². The summed E-state index contributed by atoms with van der Waals surface area (Å²) in [5.41, 5.74) is -0.336. The van der Waals surface area contributed by atoms with Gasteiger partial charge in [-0.05, 0) is 38.8 Å². The van der Waals surface area contributed by atoms with Crippen molar-refractivity contribution in [2.75, 3.05) is 19.8 Å². The summed E-state index contributed by atoms with van der Waals surface area (Å²) >= 11 is 5.74. The third kappa shape index (κ3) is 5.36. The molecule has 0 aliphatic rings. The molecule has 0 bridgehead atoms. The molecule has 1 aromatic heterocycles. The van der Waals surface area contributed by atoms with Crippen LogP contribution in [-0.2, 0) is 29.6 Å². The fourth-order valence-corrected chi connectivity index (χ4v) is 3.92. The van der Waals surface area contributed by atoms with Crippen LogP contribution in [0.25, 0.3) is 0 Å². The summed E-state index contributed by atoms with van der Waals surface area (Å²) in [5, 5.41) is 0.342. The third-order valence-corrected chi connectivity index (χ3v) is 5.39. The van der Waals surface area contributed by atoms with Crippen LogP contribution in [0, 0.1) is 0 Å². The van der Waals surface area contributed by atoms with Gasteiger partial charge in [0.2, 0.25) is 0 Å². The Morgan fingerprint density at radius 2 is 1.86 bits per heavy atom. The Hall–Kier alpha value is -0.940. The first kappa shape index (κ1) is 19.1. The summed E-state index contributed by atoms with van der Waals surface area (Å²) in [6, 6.07) is 3.31. The van der Waals surface area contributed by atoms with Crippen LogP contribution in [0.3, 0.4) is 0 Å². The van der Waals surface area contributed by atoms with Crippen LogP contribution in [0.1, 0.15) is 26.3 Å². The molecule has 0 radical (unpaired) electrons. The van der Waals surface area contributed by atoms with Gasteiger partial charge in [0.15, 0.2) is 5.66 Å². The number of pyridine rings is 1. The number of carbonyl (C=O) groups excluding carboxylic acids is 1. The molecule has 0 saturated heterocycles. The topological polar surface area (TPSA) is 74.7 Å². The van der Waals surface area contributed by atoms with Gasteiger partial charge in [0, 0.05) is 6.20 Å². The quantitative estimate of drug-likeness (QED) is 0.386. The minimum absolute atomic E-state index is 0.139. The van der Waals surface area contributed by atoms with Gasteiger partial charge in [-0.1, -0.05) is 17.7 Å². The first-order valence-corrected chi connectivity index (χ1v) is 9.11. The molecule has 0 aliphatic carbocycles.